The summed E-state index contributed by atoms with van der Waals surface area (Å²) in [5.74, 6) is 0. The fourth-order valence-electron chi connectivity index (χ4n) is 1.19. The van der Waals surface area contributed by atoms with Gasteiger partial charge in [0.05, 0.1) is 10.7 Å². The summed E-state index contributed by atoms with van der Waals surface area (Å²) in [6.07, 6.45) is 0. The molecule has 1 N–H and O–H groups in total. The molecule has 0 bridgehead atoms. The zero-order valence-corrected chi connectivity index (χ0v) is 12.8. The summed E-state index contributed by atoms with van der Waals surface area (Å²) in [5.41, 5.74) is 3.58. The van der Waals surface area contributed by atoms with E-state index < -0.39 is 0 Å². The Kier molecular flexibility index (Phi) is 4.13. The fourth-order valence-corrected chi connectivity index (χ4v) is 1.85. The van der Waals surface area contributed by atoms with Crippen molar-refractivity contribution in [2.45, 2.75) is 34.6 Å². The van der Waals surface area contributed by atoms with E-state index in [0.717, 1.165) is 15.1 Å². The molecule has 0 unspecified atom stereocenters. The minimum atomic E-state index is -0.00638. The first-order chi connectivity index (χ1) is 7.21. The third-order valence-electron chi connectivity index (χ3n) is 2.51. The average Bonchev–Trinajstić information content (AvgIpc) is 2.12. The lowest BCUT2D eigenvalue weighted by atomic mass is 9.96. The molecule has 0 heterocycles. The maximum atomic E-state index is 5.38. The van der Waals surface area contributed by atoms with Crippen LogP contribution in [-0.4, -0.2) is 4.99 Å². The summed E-state index contributed by atoms with van der Waals surface area (Å²) < 4.78 is 1.06. The van der Waals surface area contributed by atoms with Crippen LogP contribution in [0.4, 0.5) is 5.69 Å². The molecule has 0 fully saturated rings. The molecule has 0 radical (unpaired) electrons. The van der Waals surface area contributed by atoms with Crippen molar-refractivity contribution in [2.75, 3.05) is 5.32 Å². The van der Waals surface area contributed by atoms with Crippen molar-refractivity contribution >= 4 is 38.8 Å². The molecule has 1 aromatic carbocycles. The summed E-state index contributed by atoms with van der Waals surface area (Å²) in [7, 11) is 0. The van der Waals surface area contributed by atoms with Crippen molar-refractivity contribution in [3.63, 3.8) is 0 Å². The molecule has 0 atom stereocenters. The van der Waals surface area contributed by atoms with Gasteiger partial charge in [-0.1, -0.05) is 33.0 Å². The van der Waals surface area contributed by atoms with E-state index in [2.05, 4.69) is 68.0 Å². The number of rotatable bonds is 1. The van der Waals surface area contributed by atoms with Crippen molar-refractivity contribution in [3.05, 3.63) is 27.7 Å². The third-order valence-corrected chi connectivity index (χ3v) is 3.88. The van der Waals surface area contributed by atoms with E-state index in [4.69, 9.17) is 12.2 Å². The van der Waals surface area contributed by atoms with Crippen molar-refractivity contribution in [1.29, 1.82) is 0 Å². The highest BCUT2D eigenvalue weighted by molar-refractivity contribution is 9.10. The number of benzene rings is 1. The first kappa shape index (κ1) is 13.7. The van der Waals surface area contributed by atoms with E-state index in [9.17, 15) is 0 Å². The van der Waals surface area contributed by atoms with Gasteiger partial charge in [-0.3, -0.25) is 0 Å². The van der Waals surface area contributed by atoms with E-state index in [1.54, 1.807) is 0 Å². The van der Waals surface area contributed by atoms with Crippen LogP contribution in [0.25, 0.3) is 0 Å². The Bertz CT molecular complexity index is 419. The molecule has 0 saturated carbocycles. The predicted octanol–water partition coefficient (Wildman–Crippen LogP) is 4.85. The molecule has 0 aliphatic carbocycles. The van der Waals surface area contributed by atoms with Gasteiger partial charge in [0.25, 0.3) is 0 Å². The molecule has 88 valence electrons. The molecule has 3 heteroatoms. The second kappa shape index (κ2) is 4.84. The summed E-state index contributed by atoms with van der Waals surface area (Å²) in [4.78, 5) is 0.858. The van der Waals surface area contributed by atoms with Crippen LogP contribution >= 0.6 is 28.1 Å². The average molecular weight is 300 g/mol. The first-order valence-electron chi connectivity index (χ1n) is 5.30. The Balaban J connectivity index is 2.99. The van der Waals surface area contributed by atoms with Gasteiger partial charge in [-0.25, -0.2) is 0 Å². The summed E-state index contributed by atoms with van der Waals surface area (Å²) in [5, 5.41) is 3.30. The molecule has 1 nitrogen and oxygen atoms in total. The lowest BCUT2D eigenvalue weighted by Crippen LogP contribution is -2.25. The zero-order valence-electron chi connectivity index (χ0n) is 10.4. The summed E-state index contributed by atoms with van der Waals surface area (Å²) >= 11 is 8.93. The Morgan fingerprint density at radius 2 is 1.69 bits per heavy atom. The lowest BCUT2D eigenvalue weighted by molar-refractivity contribution is 0.599. The maximum Gasteiger partial charge on any atom is 0.0851 e. The van der Waals surface area contributed by atoms with Crippen LogP contribution in [0.3, 0.4) is 0 Å². The number of anilines is 1. The Morgan fingerprint density at radius 1 is 1.19 bits per heavy atom. The van der Waals surface area contributed by atoms with E-state index in [-0.39, 0.29) is 5.41 Å². The van der Waals surface area contributed by atoms with Gasteiger partial charge in [0.2, 0.25) is 0 Å². The van der Waals surface area contributed by atoms with Gasteiger partial charge in [0.1, 0.15) is 0 Å². The van der Waals surface area contributed by atoms with Gasteiger partial charge in [-0.2, -0.15) is 0 Å². The first-order valence-corrected chi connectivity index (χ1v) is 6.50. The molecule has 1 rings (SSSR count). The molecule has 0 aliphatic rings. The number of nitrogens with one attached hydrogen (secondary N) is 1. The number of thiocarbonyl (C=S) groups is 1. The number of halogens is 1. The van der Waals surface area contributed by atoms with Crippen molar-refractivity contribution in [2.24, 2.45) is 5.41 Å². The zero-order chi connectivity index (χ0) is 12.5. The topological polar surface area (TPSA) is 12.0 Å². The van der Waals surface area contributed by atoms with Gasteiger partial charge in [-0.05, 0) is 53.0 Å². The van der Waals surface area contributed by atoms with Gasteiger partial charge in [0.15, 0.2) is 0 Å². The number of hydrogen-bond donors (Lipinski definition) is 1. The molecule has 0 aromatic heterocycles. The number of aryl methyl sites for hydroxylation is 2. The third kappa shape index (κ3) is 3.29. The smallest absolute Gasteiger partial charge is 0.0851 e. The van der Waals surface area contributed by atoms with Gasteiger partial charge >= 0.3 is 0 Å². The minimum Gasteiger partial charge on any atom is -0.349 e. The standard InChI is InChI=1S/C13H18BrNS/c1-8-6-10(14)11(7-9(8)2)15-12(16)13(3,4)5/h6-7H,1-5H3,(H,15,16). The van der Waals surface area contributed by atoms with Crippen LogP contribution in [0.15, 0.2) is 16.6 Å². The second-order valence-electron chi connectivity index (χ2n) is 5.12. The minimum absolute atomic E-state index is 0.00638. The highest BCUT2D eigenvalue weighted by Crippen LogP contribution is 2.28. The Hall–Kier alpha value is -0.410. The SMILES string of the molecule is Cc1cc(Br)c(NC(=S)C(C)(C)C)cc1C. The molecule has 0 spiro atoms. The molecule has 0 saturated heterocycles. The van der Waals surface area contributed by atoms with Gasteiger partial charge < -0.3 is 5.32 Å². The Labute approximate surface area is 112 Å². The monoisotopic (exact) mass is 299 g/mol. The van der Waals surface area contributed by atoms with Gasteiger partial charge in [-0.15, -0.1) is 0 Å². The number of hydrogen-bond acceptors (Lipinski definition) is 1. The van der Waals surface area contributed by atoms with Gasteiger partial charge in [0, 0.05) is 9.89 Å². The van der Waals surface area contributed by atoms with E-state index >= 15 is 0 Å². The Morgan fingerprint density at radius 3 is 2.19 bits per heavy atom. The molecule has 0 amide bonds. The van der Waals surface area contributed by atoms with Crippen LogP contribution in [0, 0.1) is 19.3 Å². The van der Waals surface area contributed by atoms with Crippen LogP contribution < -0.4 is 5.32 Å². The molecular weight excluding hydrogens is 282 g/mol. The van der Waals surface area contributed by atoms with Crippen molar-refractivity contribution < 1.29 is 0 Å². The largest absolute Gasteiger partial charge is 0.349 e. The van der Waals surface area contributed by atoms with E-state index in [1.807, 2.05) is 0 Å². The summed E-state index contributed by atoms with van der Waals surface area (Å²) in [6, 6.07) is 4.24. The van der Waals surface area contributed by atoms with Crippen molar-refractivity contribution in [3.8, 4) is 0 Å². The van der Waals surface area contributed by atoms with Crippen LogP contribution in [-0.2, 0) is 0 Å². The normalized spacial score (nSPS) is 11.4. The fraction of sp³-hybridized carbons (Fsp3) is 0.462. The highest BCUT2D eigenvalue weighted by atomic mass is 79.9. The second-order valence-corrected chi connectivity index (χ2v) is 6.38. The highest BCUT2D eigenvalue weighted by Gasteiger charge is 2.17. The van der Waals surface area contributed by atoms with Crippen LogP contribution in [0.5, 0.6) is 0 Å². The molecule has 16 heavy (non-hydrogen) atoms. The van der Waals surface area contributed by atoms with Crippen LogP contribution in [0.1, 0.15) is 31.9 Å². The quantitative estimate of drug-likeness (QED) is 0.744. The van der Waals surface area contributed by atoms with Crippen molar-refractivity contribution in [1.82, 2.24) is 0 Å². The molecule has 1 aromatic rings. The maximum absolute atomic E-state index is 5.38. The van der Waals surface area contributed by atoms with Crippen LogP contribution in [0.2, 0.25) is 0 Å². The summed E-state index contributed by atoms with van der Waals surface area (Å²) in [6.45, 7) is 10.5. The van der Waals surface area contributed by atoms with E-state index in [0.29, 0.717) is 0 Å². The lowest BCUT2D eigenvalue weighted by Gasteiger charge is -2.22. The molecular formula is C13H18BrNS. The predicted molar refractivity (Wildman–Crippen MR) is 79.3 cm³/mol. The van der Waals surface area contributed by atoms with E-state index in [1.165, 1.54) is 11.1 Å². The molecule has 0 aliphatic heterocycles.